The van der Waals surface area contributed by atoms with Crippen LogP contribution in [0.5, 0.6) is 0 Å². The molecule has 1 aromatic rings. The van der Waals surface area contributed by atoms with Crippen LogP contribution in [0.3, 0.4) is 0 Å². The summed E-state index contributed by atoms with van der Waals surface area (Å²) in [6, 6.07) is 11.1. The molecule has 0 bridgehead atoms. The van der Waals surface area contributed by atoms with E-state index in [9.17, 15) is 0 Å². The van der Waals surface area contributed by atoms with Crippen molar-refractivity contribution in [2.45, 2.75) is 25.1 Å². The topological polar surface area (TPSA) is 12.5 Å². The van der Waals surface area contributed by atoms with Crippen molar-refractivity contribution < 1.29 is 4.74 Å². The van der Waals surface area contributed by atoms with Crippen LogP contribution in [0.1, 0.15) is 24.7 Å². The molecule has 0 saturated carbocycles. The van der Waals surface area contributed by atoms with Gasteiger partial charge in [0.1, 0.15) is 0 Å². The van der Waals surface area contributed by atoms with Gasteiger partial charge in [0, 0.05) is 24.4 Å². The van der Waals surface area contributed by atoms with Crippen LogP contribution in [-0.2, 0) is 4.74 Å². The quantitative estimate of drug-likeness (QED) is 0.840. The van der Waals surface area contributed by atoms with Gasteiger partial charge in [0.2, 0.25) is 0 Å². The van der Waals surface area contributed by atoms with E-state index in [2.05, 4.69) is 49.1 Å². The second kappa shape index (κ2) is 6.60. The van der Waals surface area contributed by atoms with Crippen molar-refractivity contribution in [1.82, 2.24) is 4.90 Å². The Morgan fingerprint density at radius 1 is 1.11 bits per heavy atom. The van der Waals surface area contributed by atoms with Gasteiger partial charge >= 0.3 is 0 Å². The summed E-state index contributed by atoms with van der Waals surface area (Å²) in [6.45, 7) is 8.30. The minimum absolute atomic E-state index is 0.268. The Balaban J connectivity index is 2.14. The number of hydrogen-bond donors (Lipinski definition) is 1. The first-order valence-corrected chi connectivity index (χ1v) is 7.26. The van der Waals surface area contributed by atoms with Crippen LogP contribution in [0.25, 0.3) is 0 Å². The average molecular weight is 265 g/mol. The molecule has 1 aliphatic rings. The number of hydrogen-bond acceptors (Lipinski definition) is 3. The number of thiol groups is 1. The van der Waals surface area contributed by atoms with Crippen LogP contribution >= 0.6 is 12.6 Å². The van der Waals surface area contributed by atoms with E-state index >= 15 is 0 Å². The van der Waals surface area contributed by atoms with Gasteiger partial charge in [-0.15, -0.1) is 0 Å². The maximum absolute atomic E-state index is 5.45. The maximum atomic E-state index is 5.45. The van der Waals surface area contributed by atoms with Crippen LogP contribution in [0.4, 0.5) is 0 Å². The van der Waals surface area contributed by atoms with Crippen molar-refractivity contribution in [3.63, 3.8) is 0 Å². The lowest BCUT2D eigenvalue weighted by Gasteiger charge is -2.40. The van der Waals surface area contributed by atoms with Crippen LogP contribution < -0.4 is 0 Å². The summed E-state index contributed by atoms with van der Waals surface area (Å²) in [5, 5.41) is 0.268. The summed E-state index contributed by atoms with van der Waals surface area (Å²) in [6.07, 6.45) is 0. The molecule has 1 saturated heterocycles. The summed E-state index contributed by atoms with van der Waals surface area (Å²) >= 11 is 4.88. The minimum Gasteiger partial charge on any atom is -0.379 e. The highest BCUT2D eigenvalue weighted by molar-refractivity contribution is 7.80. The SMILES string of the molecule is CC(C)[C@@H]([C@H](S)c1ccccc1)N1CCOCC1. The predicted octanol–water partition coefficient (Wildman–Crippen LogP) is 3.01. The molecule has 2 rings (SSSR count). The Bertz CT molecular complexity index is 349. The molecule has 1 aliphatic heterocycles. The van der Waals surface area contributed by atoms with Gasteiger partial charge in [0.25, 0.3) is 0 Å². The maximum Gasteiger partial charge on any atom is 0.0594 e. The Hall–Kier alpha value is -0.510. The fourth-order valence-corrected chi connectivity index (χ4v) is 3.41. The zero-order chi connectivity index (χ0) is 13.0. The first-order valence-electron chi connectivity index (χ1n) is 6.75. The van der Waals surface area contributed by atoms with Crippen molar-refractivity contribution in [2.24, 2.45) is 5.92 Å². The molecule has 3 heteroatoms. The van der Waals surface area contributed by atoms with Gasteiger partial charge in [-0.05, 0) is 11.5 Å². The third-order valence-corrected chi connectivity index (χ3v) is 4.22. The molecular formula is C15H23NOS. The number of rotatable bonds is 4. The standard InChI is InChI=1S/C15H23NOS/c1-12(2)14(16-8-10-17-11-9-16)15(18)13-6-4-3-5-7-13/h3-7,12,14-15,18H,8-11H2,1-2H3/t14-,15+/m0/s1. The van der Waals surface area contributed by atoms with Gasteiger partial charge in [0.05, 0.1) is 13.2 Å². The van der Waals surface area contributed by atoms with E-state index in [-0.39, 0.29) is 5.25 Å². The highest BCUT2D eigenvalue weighted by Gasteiger charge is 2.29. The number of morpholine rings is 1. The zero-order valence-corrected chi connectivity index (χ0v) is 12.1. The molecule has 0 aliphatic carbocycles. The van der Waals surface area contributed by atoms with Crippen molar-refractivity contribution >= 4 is 12.6 Å². The Morgan fingerprint density at radius 2 is 1.72 bits per heavy atom. The third-order valence-electron chi connectivity index (χ3n) is 3.61. The van der Waals surface area contributed by atoms with Crippen molar-refractivity contribution in [3.8, 4) is 0 Å². The van der Waals surface area contributed by atoms with Crippen LogP contribution in [0.15, 0.2) is 30.3 Å². The van der Waals surface area contributed by atoms with Crippen molar-refractivity contribution in [3.05, 3.63) is 35.9 Å². The molecule has 18 heavy (non-hydrogen) atoms. The lowest BCUT2D eigenvalue weighted by atomic mass is 9.94. The first-order chi connectivity index (χ1) is 8.70. The Labute approximate surface area is 116 Å². The Morgan fingerprint density at radius 3 is 2.28 bits per heavy atom. The lowest BCUT2D eigenvalue weighted by molar-refractivity contribution is 0.00581. The monoisotopic (exact) mass is 265 g/mol. The van der Waals surface area contributed by atoms with Crippen molar-refractivity contribution in [1.29, 1.82) is 0 Å². The summed E-state index contributed by atoms with van der Waals surface area (Å²) in [4.78, 5) is 2.53. The first kappa shape index (κ1) is 13.9. The van der Waals surface area contributed by atoms with Crippen LogP contribution in [-0.4, -0.2) is 37.2 Å². The molecule has 0 spiro atoms. The number of ether oxygens (including phenoxy) is 1. The summed E-state index contributed by atoms with van der Waals surface area (Å²) in [5.74, 6) is 0.589. The van der Waals surface area contributed by atoms with Gasteiger partial charge in [-0.3, -0.25) is 4.90 Å². The van der Waals surface area contributed by atoms with E-state index in [1.165, 1.54) is 5.56 Å². The fourth-order valence-electron chi connectivity index (χ4n) is 2.71. The lowest BCUT2D eigenvalue weighted by Crippen LogP contribution is -2.47. The second-order valence-electron chi connectivity index (χ2n) is 5.24. The molecule has 1 fully saturated rings. The Kier molecular flexibility index (Phi) is 5.10. The number of benzene rings is 1. The molecule has 2 atom stereocenters. The molecular weight excluding hydrogens is 242 g/mol. The zero-order valence-electron chi connectivity index (χ0n) is 11.2. The molecule has 2 nitrogen and oxygen atoms in total. The smallest absolute Gasteiger partial charge is 0.0594 e. The molecule has 0 amide bonds. The predicted molar refractivity (Wildman–Crippen MR) is 79.2 cm³/mol. The largest absolute Gasteiger partial charge is 0.379 e. The molecule has 0 N–H and O–H groups in total. The highest BCUT2D eigenvalue weighted by atomic mass is 32.1. The summed E-state index contributed by atoms with van der Waals surface area (Å²) in [7, 11) is 0. The summed E-state index contributed by atoms with van der Waals surface area (Å²) in [5.41, 5.74) is 1.31. The van der Waals surface area contributed by atoms with E-state index in [0.29, 0.717) is 12.0 Å². The van der Waals surface area contributed by atoms with Crippen molar-refractivity contribution in [2.75, 3.05) is 26.3 Å². The van der Waals surface area contributed by atoms with Gasteiger partial charge in [-0.25, -0.2) is 0 Å². The highest BCUT2D eigenvalue weighted by Crippen LogP contribution is 2.32. The molecule has 0 aromatic heterocycles. The fraction of sp³-hybridized carbons (Fsp3) is 0.600. The van der Waals surface area contributed by atoms with E-state index in [1.807, 2.05) is 0 Å². The van der Waals surface area contributed by atoms with Gasteiger partial charge in [0.15, 0.2) is 0 Å². The van der Waals surface area contributed by atoms with E-state index in [4.69, 9.17) is 17.4 Å². The van der Waals surface area contributed by atoms with E-state index in [1.54, 1.807) is 0 Å². The molecule has 0 unspecified atom stereocenters. The van der Waals surface area contributed by atoms with Gasteiger partial charge < -0.3 is 4.74 Å². The molecule has 1 aromatic carbocycles. The van der Waals surface area contributed by atoms with Crippen LogP contribution in [0, 0.1) is 5.92 Å². The van der Waals surface area contributed by atoms with E-state index < -0.39 is 0 Å². The van der Waals surface area contributed by atoms with E-state index in [0.717, 1.165) is 26.3 Å². The minimum atomic E-state index is 0.268. The van der Waals surface area contributed by atoms with Crippen LogP contribution in [0.2, 0.25) is 0 Å². The normalized spacial score (nSPS) is 20.9. The van der Waals surface area contributed by atoms with Gasteiger partial charge in [-0.2, -0.15) is 12.6 Å². The molecule has 100 valence electrons. The second-order valence-corrected chi connectivity index (χ2v) is 5.79. The summed E-state index contributed by atoms with van der Waals surface area (Å²) < 4.78 is 5.45. The number of nitrogens with zero attached hydrogens (tertiary/aromatic N) is 1. The van der Waals surface area contributed by atoms with Gasteiger partial charge in [-0.1, -0.05) is 44.2 Å². The molecule has 0 radical (unpaired) electrons. The molecule has 1 heterocycles. The average Bonchev–Trinajstić information content (AvgIpc) is 2.40. The third kappa shape index (κ3) is 3.28.